The maximum atomic E-state index is 12.9. The van der Waals surface area contributed by atoms with Gasteiger partial charge in [0, 0.05) is 6.04 Å². The molecule has 0 radical (unpaired) electrons. The monoisotopic (exact) mass is 239 g/mol. The van der Waals surface area contributed by atoms with Gasteiger partial charge < -0.3 is 5.32 Å². The van der Waals surface area contributed by atoms with E-state index in [2.05, 4.69) is 5.32 Å². The van der Waals surface area contributed by atoms with Gasteiger partial charge in [-0.2, -0.15) is 11.8 Å². The van der Waals surface area contributed by atoms with Gasteiger partial charge in [-0.15, -0.1) is 0 Å². The summed E-state index contributed by atoms with van der Waals surface area (Å²) in [5, 5.41) is 3.38. The minimum absolute atomic E-state index is 0.155. The summed E-state index contributed by atoms with van der Waals surface area (Å²) in [7, 11) is 2.00. The Labute approximate surface area is 101 Å². The number of hydrogen-bond acceptors (Lipinski definition) is 2. The predicted octanol–water partition coefficient (Wildman–Crippen LogP) is 3.23. The molecule has 0 amide bonds. The van der Waals surface area contributed by atoms with Crippen molar-refractivity contribution in [3.05, 3.63) is 35.6 Å². The second-order valence-corrected chi connectivity index (χ2v) is 5.49. The first-order valence-corrected chi connectivity index (χ1v) is 6.97. The summed E-state index contributed by atoms with van der Waals surface area (Å²) in [6.45, 7) is 0. The van der Waals surface area contributed by atoms with Gasteiger partial charge in [-0.3, -0.25) is 0 Å². The highest BCUT2D eigenvalue weighted by atomic mass is 32.2. The molecule has 0 saturated carbocycles. The third kappa shape index (κ3) is 2.77. The number of benzene rings is 1. The molecule has 88 valence electrons. The van der Waals surface area contributed by atoms with E-state index in [-0.39, 0.29) is 5.82 Å². The molecule has 1 aliphatic rings. The first kappa shape index (κ1) is 11.9. The van der Waals surface area contributed by atoms with Gasteiger partial charge in [0.05, 0.1) is 0 Å². The molecule has 0 aliphatic carbocycles. The number of halogens is 1. The topological polar surface area (TPSA) is 12.0 Å². The van der Waals surface area contributed by atoms with Gasteiger partial charge in [-0.25, -0.2) is 4.39 Å². The van der Waals surface area contributed by atoms with Crippen LogP contribution < -0.4 is 5.32 Å². The lowest BCUT2D eigenvalue weighted by Gasteiger charge is -2.30. The number of nitrogens with one attached hydrogen (secondary N) is 1. The van der Waals surface area contributed by atoms with Crippen LogP contribution in [0.2, 0.25) is 0 Å². The van der Waals surface area contributed by atoms with Crippen LogP contribution in [-0.2, 0) is 0 Å². The van der Waals surface area contributed by atoms with Gasteiger partial charge in [-0.1, -0.05) is 12.1 Å². The lowest BCUT2D eigenvalue weighted by molar-refractivity contribution is 0.358. The molecule has 1 fully saturated rings. The molecular weight excluding hydrogens is 221 g/mol. The lowest BCUT2D eigenvalue weighted by Crippen LogP contribution is -2.28. The minimum atomic E-state index is -0.155. The summed E-state index contributed by atoms with van der Waals surface area (Å²) in [5.41, 5.74) is 1.21. The first-order valence-electron chi connectivity index (χ1n) is 5.81. The zero-order chi connectivity index (χ0) is 11.4. The molecule has 1 heterocycles. The Hall–Kier alpha value is -0.540. The van der Waals surface area contributed by atoms with Crippen LogP contribution in [-0.4, -0.2) is 18.6 Å². The van der Waals surface area contributed by atoms with Gasteiger partial charge >= 0.3 is 0 Å². The molecule has 1 aliphatic heterocycles. The van der Waals surface area contributed by atoms with Crippen molar-refractivity contribution in [2.75, 3.05) is 18.6 Å². The third-order valence-electron chi connectivity index (χ3n) is 3.28. The molecule has 1 aromatic rings. The summed E-state index contributed by atoms with van der Waals surface area (Å²) >= 11 is 2.04. The smallest absolute Gasteiger partial charge is 0.123 e. The second-order valence-electron chi connectivity index (χ2n) is 4.27. The normalized spacial score (nSPS) is 19.6. The lowest BCUT2D eigenvalue weighted by atomic mass is 9.88. The summed E-state index contributed by atoms with van der Waals surface area (Å²) < 4.78 is 12.9. The maximum Gasteiger partial charge on any atom is 0.123 e. The van der Waals surface area contributed by atoms with Crippen molar-refractivity contribution in [3.8, 4) is 0 Å². The van der Waals surface area contributed by atoms with Gasteiger partial charge in [0.15, 0.2) is 0 Å². The van der Waals surface area contributed by atoms with Crippen molar-refractivity contribution < 1.29 is 4.39 Å². The SMILES string of the molecule is CNC(c1ccc(F)cc1)C1CCSCC1. The molecule has 2 rings (SSSR count). The van der Waals surface area contributed by atoms with Crippen LogP contribution in [0.3, 0.4) is 0 Å². The molecule has 1 N–H and O–H groups in total. The highest BCUT2D eigenvalue weighted by Crippen LogP contribution is 2.33. The maximum absolute atomic E-state index is 12.9. The van der Waals surface area contributed by atoms with E-state index < -0.39 is 0 Å². The Morgan fingerprint density at radius 3 is 2.44 bits per heavy atom. The van der Waals surface area contributed by atoms with Crippen LogP contribution >= 0.6 is 11.8 Å². The molecule has 0 aromatic heterocycles. The van der Waals surface area contributed by atoms with Crippen molar-refractivity contribution in [2.45, 2.75) is 18.9 Å². The fraction of sp³-hybridized carbons (Fsp3) is 0.538. The average molecular weight is 239 g/mol. The van der Waals surface area contributed by atoms with Gasteiger partial charge in [-0.05, 0) is 55.0 Å². The van der Waals surface area contributed by atoms with E-state index in [4.69, 9.17) is 0 Å². The predicted molar refractivity (Wildman–Crippen MR) is 68.2 cm³/mol. The van der Waals surface area contributed by atoms with Gasteiger partial charge in [0.25, 0.3) is 0 Å². The van der Waals surface area contributed by atoms with Gasteiger partial charge in [0.1, 0.15) is 5.82 Å². The molecule has 1 unspecified atom stereocenters. The molecule has 1 aromatic carbocycles. The fourth-order valence-electron chi connectivity index (χ4n) is 2.39. The molecule has 0 bridgehead atoms. The largest absolute Gasteiger partial charge is 0.313 e. The Morgan fingerprint density at radius 1 is 1.25 bits per heavy atom. The van der Waals surface area contributed by atoms with E-state index >= 15 is 0 Å². The number of hydrogen-bond donors (Lipinski definition) is 1. The minimum Gasteiger partial charge on any atom is -0.313 e. The van der Waals surface area contributed by atoms with Crippen LogP contribution in [0.5, 0.6) is 0 Å². The molecular formula is C13H18FNS. The van der Waals surface area contributed by atoms with E-state index in [1.807, 2.05) is 30.9 Å². The van der Waals surface area contributed by atoms with Crippen molar-refractivity contribution in [3.63, 3.8) is 0 Å². The average Bonchev–Trinajstić information content (AvgIpc) is 2.34. The Balaban J connectivity index is 2.11. The fourth-order valence-corrected chi connectivity index (χ4v) is 3.54. The van der Waals surface area contributed by atoms with Gasteiger partial charge in [0.2, 0.25) is 0 Å². The Bertz CT molecular complexity index is 319. The third-order valence-corrected chi connectivity index (χ3v) is 4.33. The quantitative estimate of drug-likeness (QED) is 0.869. The van der Waals surface area contributed by atoms with Crippen LogP contribution in [0.15, 0.2) is 24.3 Å². The summed E-state index contributed by atoms with van der Waals surface area (Å²) in [5.74, 6) is 3.04. The molecule has 1 saturated heterocycles. The highest BCUT2D eigenvalue weighted by Gasteiger charge is 2.23. The molecule has 3 heteroatoms. The number of rotatable bonds is 3. The van der Waals surface area contributed by atoms with Crippen LogP contribution in [0.1, 0.15) is 24.4 Å². The molecule has 1 nitrogen and oxygen atoms in total. The standard InChI is InChI=1S/C13H18FNS/c1-15-13(11-6-8-16-9-7-11)10-2-4-12(14)5-3-10/h2-5,11,13,15H,6-9H2,1H3. The summed E-state index contributed by atoms with van der Waals surface area (Å²) in [6.07, 6.45) is 2.51. The van der Waals surface area contributed by atoms with Crippen LogP contribution in [0.25, 0.3) is 0 Å². The zero-order valence-electron chi connectivity index (χ0n) is 9.58. The van der Waals surface area contributed by atoms with E-state index in [1.54, 1.807) is 12.1 Å². The van der Waals surface area contributed by atoms with Crippen LogP contribution in [0.4, 0.5) is 4.39 Å². The van der Waals surface area contributed by atoms with Crippen molar-refractivity contribution in [1.29, 1.82) is 0 Å². The second kappa shape index (κ2) is 5.69. The number of thioether (sulfide) groups is 1. The van der Waals surface area contributed by atoms with Crippen molar-refractivity contribution >= 4 is 11.8 Å². The van der Waals surface area contributed by atoms with E-state index in [1.165, 1.54) is 29.9 Å². The van der Waals surface area contributed by atoms with E-state index in [0.29, 0.717) is 12.0 Å². The zero-order valence-corrected chi connectivity index (χ0v) is 10.4. The molecule has 16 heavy (non-hydrogen) atoms. The summed E-state index contributed by atoms with van der Waals surface area (Å²) in [4.78, 5) is 0. The first-order chi connectivity index (χ1) is 7.81. The Kier molecular flexibility index (Phi) is 4.24. The molecule has 0 spiro atoms. The van der Waals surface area contributed by atoms with E-state index in [0.717, 1.165) is 0 Å². The van der Waals surface area contributed by atoms with Crippen LogP contribution in [0, 0.1) is 11.7 Å². The van der Waals surface area contributed by atoms with Crippen molar-refractivity contribution in [1.82, 2.24) is 5.32 Å². The van der Waals surface area contributed by atoms with Crippen molar-refractivity contribution in [2.24, 2.45) is 5.92 Å². The molecule has 1 atom stereocenters. The highest BCUT2D eigenvalue weighted by molar-refractivity contribution is 7.99. The van der Waals surface area contributed by atoms with E-state index in [9.17, 15) is 4.39 Å². The summed E-state index contributed by atoms with van der Waals surface area (Å²) in [6, 6.07) is 7.28. The Morgan fingerprint density at radius 2 is 1.88 bits per heavy atom.